The SMILES string of the molecule is CC[C@H](C)NC(=O)[C@@H](Cc1ccccc1)N(Cc1c(Cl)cccc1Cl)C(=O)CN(c1cc(Cl)ccc1OC)S(=O)(=O)c1ccc(OC)c(OC)c1. The second-order valence-corrected chi connectivity index (χ2v) is 14.7. The van der Waals surface area contributed by atoms with Crippen LogP contribution in [0.2, 0.25) is 15.1 Å². The molecule has 51 heavy (non-hydrogen) atoms. The lowest BCUT2D eigenvalue weighted by molar-refractivity contribution is -0.140. The normalized spacial score (nSPS) is 12.4. The standard InChI is InChI=1S/C37H40Cl3N3O7S/c1-6-24(2)41-37(45)32(19-25-11-8-7-9-12-25)42(22-28-29(39)13-10-14-30(28)40)36(44)23-43(31-20-26(38)15-17-33(31)48-3)51(46,47)27-16-18-34(49-4)35(21-27)50-5/h7-18,20-21,24,32H,6,19,22-23H2,1-5H3,(H,41,45)/t24-,32+/m0/s1. The number of benzene rings is 4. The van der Waals surface area contributed by atoms with Gasteiger partial charge in [0.25, 0.3) is 10.0 Å². The Hall–Kier alpha value is -4.16. The number of ether oxygens (including phenoxy) is 3. The number of amides is 2. The number of nitrogens with zero attached hydrogens (tertiary/aromatic N) is 2. The Morgan fingerprint density at radius 2 is 1.43 bits per heavy atom. The highest BCUT2D eigenvalue weighted by Crippen LogP contribution is 2.37. The highest BCUT2D eigenvalue weighted by molar-refractivity contribution is 7.92. The summed E-state index contributed by atoms with van der Waals surface area (Å²) in [5, 5.41) is 3.73. The van der Waals surface area contributed by atoms with Crippen LogP contribution in [-0.2, 0) is 32.6 Å². The molecule has 2 atom stereocenters. The summed E-state index contributed by atoms with van der Waals surface area (Å²) in [6, 6.07) is 21.3. The number of hydrogen-bond acceptors (Lipinski definition) is 7. The van der Waals surface area contributed by atoms with Gasteiger partial charge in [-0.25, -0.2) is 8.42 Å². The molecule has 0 heterocycles. The van der Waals surface area contributed by atoms with Crippen molar-refractivity contribution in [1.82, 2.24) is 10.2 Å². The molecule has 2 amide bonds. The van der Waals surface area contributed by atoms with E-state index in [1.165, 1.54) is 62.6 Å². The van der Waals surface area contributed by atoms with Crippen molar-refractivity contribution in [2.24, 2.45) is 0 Å². The summed E-state index contributed by atoms with van der Waals surface area (Å²) in [4.78, 5) is 30.1. The zero-order chi connectivity index (χ0) is 37.3. The molecule has 0 saturated heterocycles. The number of methoxy groups -OCH3 is 3. The number of rotatable bonds is 16. The maximum Gasteiger partial charge on any atom is 0.265 e. The first-order chi connectivity index (χ1) is 24.3. The smallest absolute Gasteiger partial charge is 0.265 e. The highest BCUT2D eigenvalue weighted by Gasteiger charge is 2.37. The molecule has 14 heteroatoms. The van der Waals surface area contributed by atoms with Crippen LogP contribution in [-0.4, -0.2) is 65.1 Å². The van der Waals surface area contributed by atoms with Crippen LogP contribution in [0.3, 0.4) is 0 Å². The van der Waals surface area contributed by atoms with Crippen molar-refractivity contribution in [2.75, 3.05) is 32.2 Å². The number of nitrogens with one attached hydrogen (secondary N) is 1. The van der Waals surface area contributed by atoms with E-state index >= 15 is 0 Å². The summed E-state index contributed by atoms with van der Waals surface area (Å²) in [7, 11) is -0.369. The van der Waals surface area contributed by atoms with Gasteiger partial charge in [0.1, 0.15) is 18.3 Å². The van der Waals surface area contributed by atoms with Gasteiger partial charge >= 0.3 is 0 Å². The fourth-order valence-corrected chi connectivity index (χ4v) is 7.44. The Morgan fingerprint density at radius 3 is 2.04 bits per heavy atom. The van der Waals surface area contributed by atoms with Gasteiger partial charge in [0, 0.05) is 45.7 Å². The van der Waals surface area contributed by atoms with E-state index in [0.29, 0.717) is 17.7 Å². The van der Waals surface area contributed by atoms with Gasteiger partial charge in [-0.15, -0.1) is 0 Å². The topological polar surface area (TPSA) is 114 Å². The zero-order valence-electron chi connectivity index (χ0n) is 28.9. The third kappa shape index (κ3) is 9.59. The summed E-state index contributed by atoms with van der Waals surface area (Å²) in [5.41, 5.74) is 1.15. The van der Waals surface area contributed by atoms with Gasteiger partial charge in [-0.3, -0.25) is 13.9 Å². The van der Waals surface area contributed by atoms with Crippen molar-refractivity contribution in [3.05, 3.63) is 111 Å². The van der Waals surface area contributed by atoms with Crippen LogP contribution in [0.5, 0.6) is 17.2 Å². The number of hydrogen-bond donors (Lipinski definition) is 1. The molecule has 0 radical (unpaired) electrons. The van der Waals surface area contributed by atoms with Crippen molar-refractivity contribution >= 4 is 62.3 Å². The fraction of sp³-hybridized carbons (Fsp3) is 0.297. The summed E-state index contributed by atoms with van der Waals surface area (Å²) in [6.07, 6.45) is 0.750. The van der Waals surface area contributed by atoms with Crippen molar-refractivity contribution in [3.63, 3.8) is 0 Å². The lowest BCUT2D eigenvalue weighted by atomic mass is 10.0. The van der Waals surface area contributed by atoms with Crippen molar-refractivity contribution in [3.8, 4) is 17.2 Å². The van der Waals surface area contributed by atoms with Crippen LogP contribution in [0, 0.1) is 0 Å². The fourth-order valence-electron chi connectivity index (χ4n) is 5.32. The van der Waals surface area contributed by atoms with Crippen LogP contribution in [0.4, 0.5) is 5.69 Å². The van der Waals surface area contributed by atoms with E-state index in [-0.39, 0.29) is 56.2 Å². The Balaban J connectivity index is 1.92. The van der Waals surface area contributed by atoms with Crippen LogP contribution < -0.4 is 23.8 Å². The molecule has 4 aromatic rings. The van der Waals surface area contributed by atoms with E-state index in [0.717, 1.165) is 9.87 Å². The molecule has 0 spiro atoms. The average Bonchev–Trinajstić information content (AvgIpc) is 3.12. The summed E-state index contributed by atoms with van der Waals surface area (Å²) >= 11 is 19.6. The van der Waals surface area contributed by atoms with E-state index in [4.69, 9.17) is 49.0 Å². The molecule has 10 nitrogen and oxygen atoms in total. The quantitative estimate of drug-likeness (QED) is 0.126. The molecule has 0 bridgehead atoms. The molecule has 1 N–H and O–H groups in total. The van der Waals surface area contributed by atoms with Gasteiger partial charge in [0.2, 0.25) is 11.8 Å². The van der Waals surface area contributed by atoms with Crippen LogP contribution in [0.1, 0.15) is 31.4 Å². The molecule has 0 aliphatic heterocycles. The molecule has 0 aromatic heterocycles. The molecule has 0 fully saturated rings. The van der Waals surface area contributed by atoms with Crippen LogP contribution >= 0.6 is 34.8 Å². The minimum absolute atomic E-state index is 0.00692. The molecule has 0 unspecified atom stereocenters. The zero-order valence-corrected chi connectivity index (χ0v) is 31.9. The van der Waals surface area contributed by atoms with Gasteiger partial charge in [0.15, 0.2) is 11.5 Å². The molecule has 4 rings (SSSR count). The van der Waals surface area contributed by atoms with E-state index in [9.17, 15) is 18.0 Å². The van der Waals surface area contributed by atoms with Gasteiger partial charge < -0.3 is 24.4 Å². The predicted octanol–water partition coefficient (Wildman–Crippen LogP) is 7.42. The third-order valence-electron chi connectivity index (χ3n) is 8.29. The van der Waals surface area contributed by atoms with Gasteiger partial charge in [-0.05, 0) is 61.4 Å². The number of carbonyl (C=O) groups is 2. The van der Waals surface area contributed by atoms with Gasteiger partial charge in [-0.1, -0.05) is 78.1 Å². The molecular weight excluding hydrogens is 737 g/mol. The van der Waals surface area contributed by atoms with E-state index < -0.39 is 34.4 Å². The monoisotopic (exact) mass is 775 g/mol. The molecule has 272 valence electrons. The largest absolute Gasteiger partial charge is 0.495 e. The van der Waals surface area contributed by atoms with Crippen molar-refractivity contribution in [1.29, 1.82) is 0 Å². The van der Waals surface area contributed by atoms with E-state index in [1.807, 2.05) is 44.2 Å². The lowest BCUT2D eigenvalue weighted by Crippen LogP contribution is -2.54. The molecule has 0 saturated carbocycles. The van der Waals surface area contributed by atoms with Crippen LogP contribution in [0.15, 0.2) is 89.8 Å². The number of halogens is 3. The molecular formula is C37H40Cl3N3O7S. The second-order valence-electron chi connectivity index (χ2n) is 11.6. The van der Waals surface area contributed by atoms with Crippen molar-refractivity contribution in [2.45, 2.75) is 50.2 Å². The lowest BCUT2D eigenvalue weighted by Gasteiger charge is -2.35. The summed E-state index contributed by atoms with van der Waals surface area (Å²) in [6.45, 7) is 2.81. The van der Waals surface area contributed by atoms with Crippen LogP contribution in [0.25, 0.3) is 0 Å². The minimum Gasteiger partial charge on any atom is -0.495 e. The maximum absolute atomic E-state index is 14.9. The number of anilines is 1. The first-order valence-electron chi connectivity index (χ1n) is 16.0. The Labute approximate surface area is 314 Å². The minimum atomic E-state index is -4.55. The van der Waals surface area contributed by atoms with Crippen molar-refractivity contribution < 1.29 is 32.2 Å². The Bertz CT molecular complexity index is 1930. The Kier molecular flexibility index (Phi) is 13.9. The summed E-state index contributed by atoms with van der Waals surface area (Å²) < 4.78 is 46.4. The highest BCUT2D eigenvalue weighted by atomic mass is 35.5. The first-order valence-corrected chi connectivity index (χ1v) is 18.6. The third-order valence-corrected chi connectivity index (χ3v) is 11.0. The molecule has 0 aliphatic rings. The van der Waals surface area contributed by atoms with E-state index in [1.54, 1.807) is 18.2 Å². The van der Waals surface area contributed by atoms with Gasteiger partial charge in [-0.2, -0.15) is 0 Å². The predicted molar refractivity (Wildman–Crippen MR) is 201 cm³/mol. The maximum atomic E-state index is 14.9. The molecule has 4 aromatic carbocycles. The molecule has 0 aliphatic carbocycles. The summed E-state index contributed by atoms with van der Waals surface area (Å²) in [5.74, 6) is -0.565. The first kappa shape index (κ1) is 39.6. The number of sulfonamides is 1. The van der Waals surface area contributed by atoms with E-state index in [2.05, 4.69) is 5.32 Å². The number of carbonyl (C=O) groups excluding carboxylic acids is 2. The second kappa shape index (κ2) is 17.9. The van der Waals surface area contributed by atoms with Gasteiger partial charge in [0.05, 0.1) is 31.9 Å². The Morgan fingerprint density at radius 1 is 0.804 bits per heavy atom. The average molecular weight is 777 g/mol.